The Balaban J connectivity index is 1.89. The molecule has 0 amide bonds. The predicted molar refractivity (Wildman–Crippen MR) is 63.4 cm³/mol. The first kappa shape index (κ1) is 10.6. The van der Waals surface area contributed by atoms with E-state index in [-0.39, 0.29) is 6.61 Å². The quantitative estimate of drug-likeness (QED) is 0.871. The number of carboxylic acids is 1. The SMILES string of the molecule is CC12CCc3c(OCC(=O)O)cccc3C1C2. The molecule has 0 saturated heterocycles. The van der Waals surface area contributed by atoms with Crippen molar-refractivity contribution in [1.82, 2.24) is 0 Å². The van der Waals surface area contributed by atoms with E-state index < -0.39 is 5.97 Å². The molecule has 3 nitrogen and oxygen atoms in total. The van der Waals surface area contributed by atoms with E-state index in [1.54, 1.807) is 0 Å². The predicted octanol–water partition coefficient (Wildman–Crippen LogP) is 2.59. The van der Waals surface area contributed by atoms with Crippen molar-refractivity contribution in [1.29, 1.82) is 0 Å². The second-order valence-electron chi connectivity index (χ2n) is 5.42. The fourth-order valence-corrected chi connectivity index (χ4v) is 3.03. The highest BCUT2D eigenvalue weighted by molar-refractivity contribution is 5.68. The summed E-state index contributed by atoms with van der Waals surface area (Å²) in [4.78, 5) is 10.5. The molecule has 90 valence electrons. The van der Waals surface area contributed by atoms with Crippen molar-refractivity contribution in [3.63, 3.8) is 0 Å². The Morgan fingerprint density at radius 2 is 2.41 bits per heavy atom. The Morgan fingerprint density at radius 3 is 3.18 bits per heavy atom. The lowest BCUT2D eigenvalue weighted by atomic mass is 9.84. The van der Waals surface area contributed by atoms with Gasteiger partial charge in [-0.05, 0) is 47.8 Å². The standard InChI is InChI=1S/C14H16O3/c1-14-6-5-10-9(11(14)7-14)3-2-4-12(10)17-8-13(15)16/h2-4,11H,5-8H2,1H3,(H,15,16). The summed E-state index contributed by atoms with van der Waals surface area (Å²) in [5.74, 6) is 0.508. The summed E-state index contributed by atoms with van der Waals surface area (Å²) >= 11 is 0. The maximum Gasteiger partial charge on any atom is 0.341 e. The van der Waals surface area contributed by atoms with Crippen molar-refractivity contribution in [3.05, 3.63) is 29.3 Å². The third-order valence-electron chi connectivity index (χ3n) is 4.19. The van der Waals surface area contributed by atoms with Gasteiger partial charge in [-0.2, -0.15) is 0 Å². The lowest BCUT2D eigenvalue weighted by Crippen LogP contribution is -2.14. The van der Waals surface area contributed by atoms with E-state index in [9.17, 15) is 4.79 Å². The second kappa shape index (κ2) is 3.49. The third kappa shape index (κ3) is 1.70. The summed E-state index contributed by atoms with van der Waals surface area (Å²) in [6.07, 6.45) is 3.47. The van der Waals surface area contributed by atoms with E-state index >= 15 is 0 Å². The van der Waals surface area contributed by atoms with Gasteiger partial charge in [0, 0.05) is 0 Å². The van der Waals surface area contributed by atoms with Crippen molar-refractivity contribution in [2.75, 3.05) is 6.61 Å². The molecule has 2 aliphatic carbocycles. The van der Waals surface area contributed by atoms with E-state index in [0.29, 0.717) is 11.3 Å². The molecule has 0 spiro atoms. The van der Waals surface area contributed by atoms with Crippen molar-refractivity contribution < 1.29 is 14.6 Å². The van der Waals surface area contributed by atoms with Crippen LogP contribution in [-0.4, -0.2) is 17.7 Å². The molecule has 2 atom stereocenters. The summed E-state index contributed by atoms with van der Waals surface area (Å²) in [6, 6.07) is 6.02. The highest BCUT2D eigenvalue weighted by Crippen LogP contribution is 2.65. The molecule has 1 fully saturated rings. The largest absolute Gasteiger partial charge is 0.482 e. The molecular weight excluding hydrogens is 216 g/mol. The molecule has 2 unspecified atom stereocenters. The van der Waals surface area contributed by atoms with Gasteiger partial charge >= 0.3 is 5.97 Å². The summed E-state index contributed by atoms with van der Waals surface area (Å²) in [5.41, 5.74) is 3.11. The van der Waals surface area contributed by atoms with Gasteiger partial charge in [-0.25, -0.2) is 4.79 Å². The van der Waals surface area contributed by atoms with Crippen molar-refractivity contribution in [2.45, 2.75) is 32.1 Å². The molecule has 3 heteroatoms. The topological polar surface area (TPSA) is 46.5 Å². The van der Waals surface area contributed by atoms with Crippen LogP contribution >= 0.6 is 0 Å². The molecule has 1 aromatic rings. The average molecular weight is 232 g/mol. The molecule has 0 aromatic heterocycles. The summed E-state index contributed by atoms with van der Waals surface area (Å²) in [5, 5.41) is 8.66. The van der Waals surface area contributed by atoms with Crippen LogP contribution in [0, 0.1) is 5.41 Å². The zero-order valence-corrected chi connectivity index (χ0v) is 9.90. The highest BCUT2D eigenvalue weighted by atomic mass is 16.5. The number of benzene rings is 1. The van der Waals surface area contributed by atoms with Gasteiger partial charge in [-0.15, -0.1) is 0 Å². The van der Waals surface area contributed by atoms with Gasteiger partial charge in [0.1, 0.15) is 5.75 Å². The van der Waals surface area contributed by atoms with Crippen molar-refractivity contribution in [2.24, 2.45) is 5.41 Å². The molecule has 1 saturated carbocycles. The molecule has 3 rings (SSSR count). The Kier molecular flexibility index (Phi) is 2.18. The first-order chi connectivity index (χ1) is 8.10. The second-order valence-corrected chi connectivity index (χ2v) is 5.42. The van der Waals surface area contributed by atoms with E-state index in [1.807, 2.05) is 12.1 Å². The normalized spacial score (nSPS) is 29.1. The molecule has 0 aliphatic heterocycles. The Bertz CT molecular complexity index is 480. The number of rotatable bonds is 3. The number of fused-ring (bicyclic) bond motifs is 3. The number of hydrogen-bond donors (Lipinski definition) is 1. The zero-order valence-electron chi connectivity index (χ0n) is 9.90. The molecule has 1 aromatic carbocycles. The number of hydrogen-bond acceptors (Lipinski definition) is 2. The lowest BCUT2D eigenvalue weighted by molar-refractivity contribution is -0.139. The maximum atomic E-state index is 10.5. The number of carboxylic acid groups (broad SMARTS) is 1. The molecule has 1 N–H and O–H groups in total. The van der Waals surface area contributed by atoms with Gasteiger partial charge in [0.2, 0.25) is 0 Å². The average Bonchev–Trinajstić information content (AvgIpc) is 2.99. The van der Waals surface area contributed by atoms with Crippen LogP contribution in [0.25, 0.3) is 0 Å². The first-order valence-electron chi connectivity index (χ1n) is 6.06. The Hall–Kier alpha value is -1.51. The monoisotopic (exact) mass is 232 g/mol. The van der Waals surface area contributed by atoms with Gasteiger partial charge < -0.3 is 9.84 Å². The van der Waals surface area contributed by atoms with Gasteiger partial charge in [0.05, 0.1) is 0 Å². The highest BCUT2D eigenvalue weighted by Gasteiger charge is 2.53. The lowest BCUT2D eigenvalue weighted by Gasteiger charge is -2.23. The van der Waals surface area contributed by atoms with E-state index in [4.69, 9.17) is 9.84 Å². The Morgan fingerprint density at radius 1 is 1.59 bits per heavy atom. The minimum Gasteiger partial charge on any atom is -0.482 e. The van der Waals surface area contributed by atoms with E-state index in [2.05, 4.69) is 13.0 Å². The third-order valence-corrected chi connectivity index (χ3v) is 4.19. The van der Waals surface area contributed by atoms with Crippen LogP contribution in [0.15, 0.2) is 18.2 Å². The van der Waals surface area contributed by atoms with Crippen LogP contribution in [-0.2, 0) is 11.2 Å². The molecular formula is C14H16O3. The summed E-state index contributed by atoms with van der Waals surface area (Å²) in [7, 11) is 0. The van der Waals surface area contributed by atoms with Crippen LogP contribution in [0.4, 0.5) is 0 Å². The number of ether oxygens (including phenoxy) is 1. The van der Waals surface area contributed by atoms with Crippen LogP contribution < -0.4 is 4.74 Å². The van der Waals surface area contributed by atoms with Crippen LogP contribution in [0.5, 0.6) is 5.75 Å². The van der Waals surface area contributed by atoms with Gasteiger partial charge in [0.25, 0.3) is 0 Å². The van der Waals surface area contributed by atoms with Gasteiger partial charge in [-0.3, -0.25) is 0 Å². The molecule has 2 aliphatic rings. The minimum atomic E-state index is -0.922. The Labute approximate surface area is 100 Å². The van der Waals surface area contributed by atoms with E-state index in [1.165, 1.54) is 24.0 Å². The van der Waals surface area contributed by atoms with Crippen molar-refractivity contribution in [3.8, 4) is 5.75 Å². The fraction of sp³-hybridized carbons (Fsp3) is 0.500. The number of aliphatic carboxylic acids is 1. The molecule has 17 heavy (non-hydrogen) atoms. The maximum absolute atomic E-state index is 10.5. The summed E-state index contributed by atoms with van der Waals surface area (Å²) < 4.78 is 5.37. The fourth-order valence-electron chi connectivity index (χ4n) is 3.03. The van der Waals surface area contributed by atoms with E-state index in [0.717, 1.165) is 12.2 Å². The zero-order chi connectivity index (χ0) is 12.0. The van der Waals surface area contributed by atoms with Crippen LogP contribution in [0.1, 0.15) is 36.8 Å². The van der Waals surface area contributed by atoms with Gasteiger partial charge in [-0.1, -0.05) is 19.1 Å². The molecule has 0 radical (unpaired) electrons. The molecule has 0 heterocycles. The summed E-state index contributed by atoms with van der Waals surface area (Å²) in [6.45, 7) is 2.09. The first-order valence-corrected chi connectivity index (χ1v) is 6.06. The number of carbonyl (C=O) groups is 1. The van der Waals surface area contributed by atoms with Gasteiger partial charge in [0.15, 0.2) is 6.61 Å². The minimum absolute atomic E-state index is 0.252. The smallest absolute Gasteiger partial charge is 0.341 e. The van der Waals surface area contributed by atoms with Crippen molar-refractivity contribution >= 4 is 5.97 Å². The molecule has 0 bridgehead atoms. The van der Waals surface area contributed by atoms with Crippen LogP contribution in [0.2, 0.25) is 0 Å². The van der Waals surface area contributed by atoms with Crippen LogP contribution in [0.3, 0.4) is 0 Å².